The largest absolute Gasteiger partial charge is 0.524 e. The zero-order chi connectivity index (χ0) is 23.5. The van der Waals surface area contributed by atoms with E-state index in [9.17, 15) is 23.9 Å². The third-order valence-corrected chi connectivity index (χ3v) is 5.26. The Hall–Kier alpha value is -3.20. The number of amides is 1. The Balaban J connectivity index is 2.14. The van der Waals surface area contributed by atoms with Gasteiger partial charge in [0.2, 0.25) is 0 Å². The number of carbonyl (C=O) groups is 1. The molecular weight excluding hydrogens is 435 g/mol. The van der Waals surface area contributed by atoms with Crippen LogP contribution in [-0.4, -0.2) is 49.0 Å². The van der Waals surface area contributed by atoms with E-state index in [1.54, 1.807) is 19.2 Å². The zero-order valence-corrected chi connectivity index (χ0v) is 18.8. The predicted octanol–water partition coefficient (Wildman–Crippen LogP) is 2.68. The number of nitrogens with one attached hydrogen (secondary N) is 1. The molecule has 0 aliphatic rings. The molecule has 0 aliphatic carbocycles. The number of unbranched alkanes of at least 4 members (excludes halogenated alkanes) is 1. The topological polar surface area (TPSA) is 138 Å². The van der Waals surface area contributed by atoms with Gasteiger partial charge in [-0.1, -0.05) is 31.5 Å². The van der Waals surface area contributed by atoms with Crippen LogP contribution in [0.4, 0.5) is 0 Å². The molecule has 0 saturated heterocycles. The molecule has 0 saturated carbocycles. The van der Waals surface area contributed by atoms with Crippen LogP contribution in [0.15, 0.2) is 41.2 Å². The van der Waals surface area contributed by atoms with E-state index in [4.69, 9.17) is 4.52 Å². The van der Waals surface area contributed by atoms with Gasteiger partial charge in [0, 0.05) is 19.2 Å². The highest BCUT2D eigenvalue weighted by Gasteiger charge is 2.25. The Morgan fingerprint density at radius 3 is 2.72 bits per heavy atom. The molecule has 1 radical (unpaired) electrons. The van der Waals surface area contributed by atoms with Crippen LogP contribution >= 0.6 is 7.82 Å². The van der Waals surface area contributed by atoms with Crippen LogP contribution in [-0.2, 0) is 4.57 Å². The van der Waals surface area contributed by atoms with E-state index in [-0.39, 0.29) is 22.7 Å². The maximum absolute atomic E-state index is 13.0. The van der Waals surface area contributed by atoms with Gasteiger partial charge in [-0.25, -0.2) is 19.0 Å². The van der Waals surface area contributed by atoms with Crippen LogP contribution in [0.1, 0.15) is 35.7 Å². The molecule has 1 heterocycles. The number of carbonyl (C=O) groups excluding carboxylic acids is 1. The third-order valence-electron chi connectivity index (χ3n) is 4.82. The number of rotatable bonds is 8. The van der Waals surface area contributed by atoms with Crippen molar-refractivity contribution in [3.05, 3.63) is 64.1 Å². The van der Waals surface area contributed by atoms with Crippen molar-refractivity contribution < 1.29 is 23.7 Å². The van der Waals surface area contributed by atoms with E-state index >= 15 is 0 Å². The summed E-state index contributed by atoms with van der Waals surface area (Å²) in [6, 6.07) is 12.6. The minimum atomic E-state index is -4.92. The van der Waals surface area contributed by atoms with E-state index < -0.39 is 19.4 Å². The zero-order valence-electron chi connectivity index (χ0n) is 17.9. The molecule has 0 aliphatic heterocycles. The lowest BCUT2D eigenvalue weighted by Crippen LogP contribution is -2.28. The number of aryl methyl sites for hydroxylation is 1. The molecule has 11 heteroatoms. The van der Waals surface area contributed by atoms with Gasteiger partial charge < -0.3 is 9.42 Å². The molecule has 2 aromatic carbocycles. The Labute approximate surface area is 184 Å². The second-order valence-corrected chi connectivity index (χ2v) is 8.42. The van der Waals surface area contributed by atoms with E-state index in [1.807, 2.05) is 26.0 Å². The molecule has 32 heavy (non-hydrogen) atoms. The van der Waals surface area contributed by atoms with Crippen molar-refractivity contribution in [3.8, 4) is 22.8 Å². The Morgan fingerprint density at radius 2 is 2.06 bits per heavy atom. The molecule has 3 aromatic rings. The van der Waals surface area contributed by atoms with Crippen LogP contribution in [0.3, 0.4) is 0 Å². The highest BCUT2D eigenvalue weighted by atomic mass is 31.2. The minimum absolute atomic E-state index is 0.0764. The number of phosphoric ester groups is 1. The summed E-state index contributed by atoms with van der Waals surface area (Å²) < 4.78 is 17.5. The summed E-state index contributed by atoms with van der Waals surface area (Å²) in [6.45, 7) is 4.28. The molecule has 3 N–H and O–H groups in total. The Kier molecular flexibility index (Phi) is 6.98. The summed E-state index contributed by atoms with van der Waals surface area (Å²) in [5, 5.41) is 6.48. The molecular formula is C21H24N4O6P. The molecule has 1 aromatic heterocycles. The normalized spacial score (nSPS) is 11.4. The van der Waals surface area contributed by atoms with Crippen LogP contribution in [0, 0.1) is 13.0 Å². The minimum Gasteiger partial charge on any atom is -0.403 e. The number of benzene rings is 2. The van der Waals surface area contributed by atoms with Crippen LogP contribution in [0.5, 0.6) is 5.75 Å². The lowest BCUT2D eigenvalue weighted by atomic mass is 10.1. The fraction of sp³-hybridized carbons (Fsp3) is 0.286. The average molecular weight is 459 g/mol. The molecule has 3 rings (SSSR count). The smallest absolute Gasteiger partial charge is 0.403 e. The first-order valence-electron chi connectivity index (χ1n) is 9.92. The Bertz CT molecular complexity index is 1230. The summed E-state index contributed by atoms with van der Waals surface area (Å²) in [4.78, 5) is 45.5. The molecule has 1 amide bonds. The second-order valence-electron chi connectivity index (χ2n) is 7.26. The molecule has 0 atom stereocenters. The summed E-state index contributed by atoms with van der Waals surface area (Å²) in [7, 11) is -3.33. The van der Waals surface area contributed by atoms with Gasteiger partial charge in [0.1, 0.15) is 5.75 Å². The number of phosphoric acid groups is 1. The molecule has 10 nitrogen and oxygen atoms in total. The monoisotopic (exact) mass is 459 g/mol. The quantitative estimate of drug-likeness (QED) is 0.440. The van der Waals surface area contributed by atoms with Crippen molar-refractivity contribution in [3.63, 3.8) is 0 Å². The van der Waals surface area contributed by atoms with E-state index in [0.717, 1.165) is 24.5 Å². The van der Waals surface area contributed by atoms with Crippen LogP contribution in [0.25, 0.3) is 17.1 Å². The van der Waals surface area contributed by atoms with Crippen molar-refractivity contribution in [2.75, 3.05) is 13.6 Å². The van der Waals surface area contributed by atoms with Gasteiger partial charge in [-0.3, -0.25) is 14.6 Å². The summed E-state index contributed by atoms with van der Waals surface area (Å²) in [6.07, 6.45) is 1.63. The van der Waals surface area contributed by atoms with Gasteiger partial charge >= 0.3 is 13.5 Å². The van der Waals surface area contributed by atoms with E-state index in [0.29, 0.717) is 12.2 Å². The van der Waals surface area contributed by atoms with Gasteiger partial charge in [-0.15, -0.1) is 0 Å². The Morgan fingerprint density at radius 1 is 1.34 bits per heavy atom. The predicted molar refractivity (Wildman–Crippen MR) is 118 cm³/mol. The van der Waals surface area contributed by atoms with Gasteiger partial charge in [-0.05, 0) is 43.2 Å². The molecule has 0 unspecified atom stereocenters. The first-order chi connectivity index (χ1) is 15.1. The van der Waals surface area contributed by atoms with Gasteiger partial charge in [0.15, 0.2) is 5.82 Å². The molecule has 169 valence electrons. The standard InChI is InChI=1S/C21H24N4O6P/c1-4-5-12-24(3)20(26)16-13-15(10-11-18(16)31-32(28,29)30)19-22-23-21(27)25(19)17-9-7-6-8-14(17)2/h6-9,11,13H,4-5,12H2,1-3H3,(H,23,27)(H2,28,29,30). The van der Waals surface area contributed by atoms with Crippen molar-refractivity contribution in [1.29, 1.82) is 0 Å². The highest BCUT2D eigenvalue weighted by Crippen LogP contribution is 2.40. The van der Waals surface area contributed by atoms with Crippen molar-refractivity contribution >= 4 is 13.7 Å². The summed E-state index contributed by atoms with van der Waals surface area (Å²) >= 11 is 0. The van der Waals surface area contributed by atoms with Crippen LogP contribution in [0.2, 0.25) is 0 Å². The SMILES string of the molecule is CCCCN(C)C(=O)c1cc(-c2n[nH]c(=O)n2-c2ccccc2C)[c]cc1OP(=O)(O)O. The first-order valence-corrected chi connectivity index (χ1v) is 11.5. The number of hydrogen-bond donors (Lipinski definition) is 3. The lowest BCUT2D eigenvalue weighted by Gasteiger charge is -2.19. The number of nitrogens with zero attached hydrogens (tertiary/aromatic N) is 3. The van der Waals surface area contributed by atoms with Crippen molar-refractivity contribution in [2.24, 2.45) is 0 Å². The maximum atomic E-state index is 13.0. The van der Waals surface area contributed by atoms with Crippen LogP contribution < -0.4 is 10.2 Å². The number of para-hydroxylation sites is 1. The van der Waals surface area contributed by atoms with Gasteiger partial charge in [-0.2, -0.15) is 5.10 Å². The second kappa shape index (κ2) is 9.52. The average Bonchev–Trinajstić information content (AvgIpc) is 3.12. The molecule has 0 bridgehead atoms. The maximum Gasteiger partial charge on any atom is 0.524 e. The highest BCUT2D eigenvalue weighted by molar-refractivity contribution is 7.46. The third kappa shape index (κ3) is 5.16. The molecule has 0 fully saturated rings. The summed E-state index contributed by atoms with van der Waals surface area (Å²) in [5.41, 5.74) is 1.14. The molecule has 0 spiro atoms. The van der Waals surface area contributed by atoms with E-state index in [2.05, 4.69) is 16.3 Å². The van der Waals surface area contributed by atoms with E-state index in [1.165, 1.54) is 15.5 Å². The number of hydrogen-bond acceptors (Lipinski definition) is 5. The lowest BCUT2D eigenvalue weighted by molar-refractivity contribution is 0.0791. The fourth-order valence-corrected chi connectivity index (χ4v) is 3.60. The van der Waals surface area contributed by atoms with Gasteiger partial charge in [0.05, 0.1) is 11.3 Å². The van der Waals surface area contributed by atoms with Crippen molar-refractivity contribution in [2.45, 2.75) is 26.7 Å². The number of aromatic nitrogens is 3. The first kappa shape index (κ1) is 23.5. The summed E-state index contributed by atoms with van der Waals surface area (Å²) in [5.74, 6) is -0.606. The number of aromatic amines is 1. The number of H-pyrrole nitrogens is 1. The fourth-order valence-electron chi connectivity index (χ4n) is 3.20. The van der Waals surface area contributed by atoms with Crippen molar-refractivity contribution in [1.82, 2.24) is 19.7 Å². The van der Waals surface area contributed by atoms with Gasteiger partial charge in [0.25, 0.3) is 5.91 Å².